The van der Waals surface area contributed by atoms with Gasteiger partial charge in [-0.05, 0) is 66.4 Å². The average Bonchev–Trinajstić information content (AvgIpc) is 3.16. The Balaban J connectivity index is 1.73. The minimum absolute atomic E-state index is 0.0915. The number of methoxy groups -OCH3 is 1. The first-order valence-corrected chi connectivity index (χ1v) is 11.3. The Bertz CT molecular complexity index is 908. The van der Waals surface area contributed by atoms with Crippen molar-refractivity contribution in [2.45, 2.75) is 89.6 Å². The number of aliphatic hydroxyl groups is 1. The smallest absolute Gasteiger partial charge is 0.399 e. The van der Waals surface area contributed by atoms with Crippen LogP contribution in [0.2, 0.25) is 0 Å². The van der Waals surface area contributed by atoms with Crippen molar-refractivity contribution in [1.29, 1.82) is 0 Å². The molecule has 0 amide bonds. The molecule has 0 radical (unpaired) electrons. The molecule has 2 aliphatic rings. The van der Waals surface area contributed by atoms with Gasteiger partial charge in [0.15, 0.2) is 0 Å². The molecule has 1 aliphatic carbocycles. The number of fused-ring (bicyclic) bond motifs is 1. The molecule has 31 heavy (non-hydrogen) atoms. The second kappa shape index (κ2) is 8.35. The second-order valence-corrected chi connectivity index (χ2v) is 10.00. The number of hydrogen-bond donors (Lipinski definition) is 2. The SMILES string of the molecule is COC[C@H](C)Nc1ncc2c(B3OC(C)(C)C(C)(C)O3)cc(C3CCC(O)CC3)n2n1. The Morgan fingerprint density at radius 2 is 1.87 bits per heavy atom. The summed E-state index contributed by atoms with van der Waals surface area (Å²) >= 11 is 0. The molecular formula is C22H35BN4O4. The van der Waals surface area contributed by atoms with Crippen molar-refractivity contribution >= 4 is 24.0 Å². The maximum absolute atomic E-state index is 9.98. The molecule has 1 saturated heterocycles. The first kappa shape index (κ1) is 22.5. The molecule has 3 heterocycles. The zero-order valence-electron chi connectivity index (χ0n) is 19.5. The Labute approximate surface area is 184 Å². The zero-order valence-corrected chi connectivity index (χ0v) is 19.5. The van der Waals surface area contributed by atoms with E-state index in [2.05, 4.69) is 44.1 Å². The molecule has 2 aromatic rings. The molecule has 0 spiro atoms. The van der Waals surface area contributed by atoms with E-state index in [0.29, 0.717) is 18.5 Å². The van der Waals surface area contributed by atoms with Gasteiger partial charge in [0.05, 0.1) is 35.6 Å². The summed E-state index contributed by atoms with van der Waals surface area (Å²) in [6, 6.07) is 2.26. The summed E-state index contributed by atoms with van der Waals surface area (Å²) in [7, 11) is 1.21. The van der Waals surface area contributed by atoms with Gasteiger partial charge in [-0.1, -0.05) is 0 Å². The Kier molecular flexibility index (Phi) is 6.07. The lowest BCUT2D eigenvalue weighted by Gasteiger charge is -2.32. The average molecular weight is 430 g/mol. The van der Waals surface area contributed by atoms with Crippen LogP contribution in [0.4, 0.5) is 5.95 Å². The molecule has 0 bridgehead atoms. The number of nitrogens with one attached hydrogen (secondary N) is 1. The number of hydrogen-bond acceptors (Lipinski definition) is 7. The van der Waals surface area contributed by atoms with Crippen molar-refractivity contribution < 1.29 is 19.2 Å². The molecule has 9 heteroatoms. The monoisotopic (exact) mass is 430 g/mol. The van der Waals surface area contributed by atoms with Crippen LogP contribution in [0, 0.1) is 0 Å². The number of nitrogens with zero attached hydrogens (tertiary/aromatic N) is 3. The van der Waals surface area contributed by atoms with Crippen molar-refractivity contribution in [3.8, 4) is 0 Å². The number of ether oxygens (including phenoxy) is 1. The first-order valence-electron chi connectivity index (χ1n) is 11.3. The summed E-state index contributed by atoms with van der Waals surface area (Å²) in [6.07, 6.45) is 5.13. The molecule has 2 N–H and O–H groups in total. The van der Waals surface area contributed by atoms with Crippen LogP contribution in [0.1, 0.15) is 71.9 Å². The Morgan fingerprint density at radius 3 is 2.48 bits per heavy atom. The fourth-order valence-electron chi connectivity index (χ4n) is 4.44. The van der Waals surface area contributed by atoms with Gasteiger partial charge in [0.25, 0.3) is 0 Å². The molecule has 2 aromatic heterocycles. The largest absolute Gasteiger partial charge is 0.497 e. The van der Waals surface area contributed by atoms with Crippen LogP contribution in [0.15, 0.2) is 12.3 Å². The molecule has 1 aliphatic heterocycles. The molecule has 0 unspecified atom stereocenters. The zero-order chi connectivity index (χ0) is 22.4. The van der Waals surface area contributed by atoms with Crippen molar-refractivity contribution in [2.75, 3.05) is 19.0 Å². The first-order chi connectivity index (χ1) is 14.6. The second-order valence-electron chi connectivity index (χ2n) is 10.00. The highest BCUT2D eigenvalue weighted by Crippen LogP contribution is 2.38. The molecule has 4 rings (SSSR count). The van der Waals surface area contributed by atoms with E-state index in [1.165, 1.54) is 0 Å². The van der Waals surface area contributed by atoms with Gasteiger partial charge in [-0.2, -0.15) is 0 Å². The maximum atomic E-state index is 9.98. The van der Waals surface area contributed by atoms with Crippen molar-refractivity contribution in [1.82, 2.24) is 14.6 Å². The Hall–Kier alpha value is -1.68. The van der Waals surface area contributed by atoms with E-state index >= 15 is 0 Å². The topological polar surface area (TPSA) is 90.1 Å². The predicted molar refractivity (Wildman–Crippen MR) is 121 cm³/mol. The minimum Gasteiger partial charge on any atom is -0.399 e. The third-order valence-electron chi connectivity index (χ3n) is 6.99. The molecule has 8 nitrogen and oxygen atoms in total. The number of anilines is 1. The van der Waals surface area contributed by atoms with Crippen LogP contribution >= 0.6 is 0 Å². The summed E-state index contributed by atoms with van der Waals surface area (Å²) in [4.78, 5) is 4.55. The highest BCUT2D eigenvalue weighted by molar-refractivity contribution is 6.64. The predicted octanol–water partition coefficient (Wildman–Crippen LogP) is 2.49. The summed E-state index contributed by atoms with van der Waals surface area (Å²) in [5.41, 5.74) is 2.13. The molecule has 1 atom stereocenters. The molecular weight excluding hydrogens is 395 g/mol. The summed E-state index contributed by atoms with van der Waals surface area (Å²) in [5, 5.41) is 18.1. The third-order valence-corrected chi connectivity index (χ3v) is 6.99. The van der Waals surface area contributed by atoms with Gasteiger partial charge in [0, 0.05) is 30.2 Å². The van der Waals surface area contributed by atoms with E-state index in [9.17, 15) is 5.11 Å². The van der Waals surface area contributed by atoms with E-state index in [-0.39, 0.29) is 12.1 Å². The van der Waals surface area contributed by atoms with Gasteiger partial charge in [-0.25, -0.2) is 9.50 Å². The van der Waals surface area contributed by atoms with Gasteiger partial charge in [0.1, 0.15) is 0 Å². The number of rotatable bonds is 6. The van der Waals surface area contributed by atoms with Gasteiger partial charge < -0.3 is 24.5 Å². The quantitative estimate of drug-likeness (QED) is 0.681. The minimum atomic E-state index is -0.474. The van der Waals surface area contributed by atoms with Crippen LogP contribution in [-0.4, -0.2) is 63.9 Å². The number of aromatic nitrogens is 3. The molecule has 1 saturated carbocycles. The van der Waals surface area contributed by atoms with Crippen molar-refractivity contribution in [2.24, 2.45) is 0 Å². The fraction of sp³-hybridized carbons (Fsp3) is 0.727. The van der Waals surface area contributed by atoms with E-state index < -0.39 is 18.3 Å². The van der Waals surface area contributed by atoms with Crippen LogP contribution in [0.25, 0.3) is 5.52 Å². The van der Waals surface area contributed by atoms with E-state index in [0.717, 1.165) is 42.4 Å². The normalized spacial score (nSPS) is 26.4. The molecule has 170 valence electrons. The summed E-state index contributed by atoms with van der Waals surface area (Å²) in [5.74, 6) is 0.886. The third kappa shape index (κ3) is 4.33. The van der Waals surface area contributed by atoms with Crippen LogP contribution in [0.5, 0.6) is 0 Å². The van der Waals surface area contributed by atoms with Gasteiger partial charge >= 0.3 is 7.12 Å². The lowest BCUT2D eigenvalue weighted by Crippen LogP contribution is -2.41. The maximum Gasteiger partial charge on any atom is 0.497 e. The van der Waals surface area contributed by atoms with Crippen LogP contribution < -0.4 is 10.8 Å². The Morgan fingerprint density at radius 1 is 1.23 bits per heavy atom. The van der Waals surface area contributed by atoms with E-state index in [1.54, 1.807) is 7.11 Å². The van der Waals surface area contributed by atoms with Crippen molar-refractivity contribution in [3.05, 3.63) is 18.0 Å². The molecule has 2 fully saturated rings. The number of aliphatic hydroxyl groups excluding tert-OH is 1. The van der Waals surface area contributed by atoms with Crippen molar-refractivity contribution in [3.63, 3.8) is 0 Å². The fourth-order valence-corrected chi connectivity index (χ4v) is 4.44. The standard InChI is InChI=1S/C22H35BN4O4/c1-14(13-29-6)25-20-24-12-19-17(23-30-21(2,3)22(4,5)31-23)11-18(27(19)26-20)15-7-9-16(28)10-8-15/h11-12,14-16,28H,7-10,13H2,1-6H3,(H,25,26)/t14-,15?,16?/m0/s1. The lowest BCUT2D eigenvalue weighted by molar-refractivity contribution is 0.00578. The highest BCUT2D eigenvalue weighted by Gasteiger charge is 2.52. The van der Waals surface area contributed by atoms with Crippen LogP contribution in [0.3, 0.4) is 0 Å². The highest BCUT2D eigenvalue weighted by atomic mass is 16.7. The molecule has 0 aromatic carbocycles. The van der Waals surface area contributed by atoms with E-state index in [1.807, 2.05) is 17.6 Å². The van der Waals surface area contributed by atoms with Gasteiger partial charge in [0.2, 0.25) is 5.95 Å². The van der Waals surface area contributed by atoms with Gasteiger partial charge in [-0.15, -0.1) is 5.10 Å². The lowest BCUT2D eigenvalue weighted by atomic mass is 9.78. The van der Waals surface area contributed by atoms with Crippen LogP contribution in [-0.2, 0) is 14.0 Å². The summed E-state index contributed by atoms with van der Waals surface area (Å²) in [6.45, 7) is 10.8. The van der Waals surface area contributed by atoms with Gasteiger partial charge in [-0.3, -0.25) is 0 Å². The summed E-state index contributed by atoms with van der Waals surface area (Å²) < 4.78 is 19.9. The van der Waals surface area contributed by atoms with E-state index in [4.69, 9.17) is 19.1 Å².